The summed E-state index contributed by atoms with van der Waals surface area (Å²) >= 11 is 0. The Balaban J connectivity index is 3.64. The zero-order valence-electron chi connectivity index (χ0n) is 8.03. The van der Waals surface area contributed by atoms with Crippen molar-refractivity contribution in [3.63, 3.8) is 0 Å². The molecule has 0 aromatic heterocycles. The van der Waals surface area contributed by atoms with Crippen LogP contribution in [0.25, 0.3) is 0 Å². The number of ether oxygens (including phenoxy) is 1. The van der Waals surface area contributed by atoms with E-state index < -0.39 is 11.9 Å². The molecule has 0 saturated heterocycles. The van der Waals surface area contributed by atoms with Gasteiger partial charge >= 0.3 is 5.97 Å². The molecule has 13 heavy (non-hydrogen) atoms. The highest BCUT2D eigenvalue weighted by Crippen LogP contribution is 2.04. The topological polar surface area (TPSA) is 66.8 Å². The molecule has 4 nitrogen and oxygen atoms in total. The van der Waals surface area contributed by atoms with Crippen LogP contribution in [-0.2, 0) is 9.53 Å². The normalized spacial score (nSPS) is 12.5. The van der Waals surface area contributed by atoms with E-state index in [2.05, 4.69) is 0 Å². The van der Waals surface area contributed by atoms with Crippen molar-refractivity contribution in [3.8, 4) is 0 Å². The summed E-state index contributed by atoms with van der Waals surface area (Å²) in [6, 6.07) is 0. The fourth-order valence-corrected chi connectivity index (χ4v) is 0.874. The third-order valence-corrected chi connectivity index (χ3v) is 1.77. The number of unbranched alkanes of at least 4 members (excludes halogenated alkanes) is 1. The predicted molar refractivity (Wildman–Crippen MR) is 48.1 cm³/mol. The summed E-state index contributed by atoms with van der Waals surface area (Å²) in [5, 5.41) is 17.3. The van der Waals surface area contributed by atoms with E-state index in [0.29, 0.717) is 6.61 Å². The molecule has 0 amide bonds. The lowest BCUT2D eigenvalue weighted by molar-refractivity contribution is -0.150. The second-order valence-corrected chi connectivity index (χ2v) is 2.91. The second-order valence-electron chi connectivity index (χ2n) is 2.91. The van der Waals surface area contributed by atoms with Gasteiger partial charge in [0.2, 0.25) is 0 Å². The van der Waals surface area contributed by atoms with Crippen LogP contribution in [0.1, 0.15) is 26.2 Å². The van der Waals surface area contributed by atoms with Gasteiger partial charge in [-0.25, -0.2) is 0 Å². The van der Waals surface area contributed by atoms with Gasteiger partial charge in [0.05, 0.1) is 19.1 Å². The molecule has 0 spiro atoms. The van der Waals surface area contributed by atoms with E-state index in [1.54, 1.807) is 0 Å². The fraction of sp³-hybridized carbons (Fsp3) is 0.889. The summed E-state index contributed by atoms with van der Waals surface area (Å²) in [6.45, 7) is 2.04. The van der Waals surface area contributed by atoms with Gasteiger partial charge in [-0.2, -0.15) is 0 Å². The Kier molecular flexibility index (Phi) is 7.63. The van der Waals surface area contributed by atoms with E-state index in [1.807, 2.05) is 6.92 Å². The summed E-state index contributed by atoms with van der Waals surface area (Å²) in [5.74, 6) is -0.980. The van der Waals surface area contributed by atoms with E-state index in [4.69, 9.17) is 14.9 Å². The Morgan fingerprint density at radius 1 is 1.46 bits per heavy atom. The van der Waals surface area contributed by atoms with Crippen molar-refractivity contribution in [2.24, 2.45) is 5.92 Å². The van der Waals surface area contributed by atoms with E-state index in [9.17, 15) is 4.79 Å². The zero-order chi connectivity index (χ0) is 10.1. The largest absolute Gasteiger partial charge is 0.465 e. The molecule has 1 unspecified atom stereocenters. The predicted octanol–water partition coefficient (Wildman–Crippen LogP) is 0.321. The molecule has 0 bridgehead atoms. The SMILES string of the molecule is CCCCOC(=O)C(CO)CCO. The van der Waals surface area contributed by atoms with Crippen molar-refractivity contribution in [2.45, 2.75) is 26.2 Å². The average Bonchev–Trinajstić information content (AvgIpc) is 2.14. The number of carbonyl (C=O) groups excluding carboxylic acids is 1. The van der Waals surface area contributed by atoms with Gasteiger partial charge < -0.3 is 14.9 Å². The third kappa shape index (κ3) is 5.60. The maximum absolute atomic E-state index is 11.1. The van der Waals surface area contributed by atoms with Crippen LogP contribution >= 0.6 is 0 Å². The van der Waals surface area contributed by atoms with E-state index in [-0.39, 0.29) is 19.6 Å². The van der Waals surface area contributed by atoms with Gasteiger partial charge in [-0.05, 0) is 12.8 Å². The fourth-order valence-electron chi connectivity index (χ4n) is 0.874. The number of aliphatic hydroxyl groups excluding tert-OH is 2. The first kappa shape index (κ1) is 12.4. The van der Waals surface area contributed by atoms with Gasteiger partial charge in [-0.3, -0.25) is 4.79 Å². The summed E-state index contributed by atoms with van der Waals surface area (Å²) in [4.78, 5) is 11.1. The second kappa shape index (κ2) is 8.01. The average molecular weight is 190 g/mol. The van der Waals surface area contributed by atoms with Crippen molar-refractivity contribution in [1.29, 1.82) is 0 Å². The minimum atomic E-state index is -0.568. The van der Waals surface area contributed by atoms with Gasteiger partial charge in [-0.1, -0.05) is 13.3 Å². The highest BCUT2D eigenvalue weighted by Gasteiger charge is 2.17. The quantitative estimate of drug-likeness (QED) is 0.448. The molecule has 0 aliphatic heterocycles. The molecule has 0 aromatic rings. The van der Waals surface area contributed by atoms with Crippen LogP contribution in [0.3, 0.4) is 0 Å². The number of esters is 1. The molecule has 1 atom stereocenters. The van der Waals surface area contributed by atoms with Crippen LogP contribution < -0.4 is 0 Å². The van der Waals surface area contributed by atoms with Crippen molar-refractivity contribution >= 4 is 5.97 Å². The summed E-state index contributed by atoms with van der Waals surface area (Å²) in [6.07, 6.45) is 2.07. The first-order chi connectivity index (χ1) is 6.26. The molecule has 0 aliphatic rings. The Morgan fingerprint density at radius 3 is 2.62 bits per heavy atom. The Bertz CT molecular complexity index is 136. The number of aliphatic hydroxyl groups is 2. The molecule has 0 fully saturated rings. The lowest BCUT2D eigenvalue weighted by atomic mass is 10.1. The van der Waals surface area contributed by atoms with Crippen molar-refractivity contribution in [2.75, 3.05) is 19.8 Å². The molecule has 0 aliphatic carbocycles. The van der Waals surface area contributed by atoms with Crippen molar-refractivity contribution < 1.29 is 19.7 Å². The molecule has 0 radical (unpaired) electrons. The minimum absolute atomic E-state index is 0.103. The monoisotopic (exact) mass is 190 g/mol. The van der Waals surface area contributed by atoms with Gasteiger partial charge in [0.25, 0.3) is 0 Å². The maximum atomic E-state index is 11.1. The van der Waals surface area contributed by atoms with Gasteiger partial charge in [0.1, 0.15) is 0 Å². The molecule has 2 N–H and O–H groups in total. The van der Waals surface area contributed by atoms with E-state index in [0.717, 1.165) is 12.8 Å². The molecule has 4 heteroatoms. The smallest absolute Gasteiger partial charge is 0.311 e. The van der Waals surface area contributed by atoms with E-state index in [1.165, 1.54) is 0 Å². The van der Waals surface area contributed by atoms with Crippen LogP contribution in [0.4, 0.5) is 0 Å². The standard InChI is InChI=1S/C9H18O4/c1-2-3-6-13-9(12)8(7-11)4-5-10/h8,10-11H,2-7H2,1H3. The lowest BCUT2D eigenvalue weighted by Crippen LogP contribution is -2.22. The number of rotatable bonds is 7. The number of hydrogen-bond acceptors (Lipinski definition) is 4. The summed E-state index contributed by atoms with van der Waals surface area (Å²) in [7, 11) is 0. The maximum Gasteiger partial charge on any atom is 0.311 e. The molecule has 0 aromatic carbocycles. The van der Waals surface area contributed by atoms with Crippen molar-refractivity contribution in [1.82, 2.24) is 0 Å². The van der Waals surface area contributed by atoms with Gasteiger partial charge in [0, 0.05) is 6.61 Å². The highest BCUT2D eigenvalue weighted by molar-refractivity contribution is 5.72. The minimum Gasteiger partial charge on any atom is -0.465 e. The Labute approximate surface area is 78.5 Å². The molecular weight excluding hydrogens is 172 g/mol. The first-order valence-electron chi connectivity index (χ1n) is 4.64. The first-order valence-corrected chi connectivity index (χ1v) is 4.64. The third-order valence-electron chi connectivity index (χ3n) is 1.77. The van der Waals surface area contributed by atoms with Crippen LogP contribution in [-0.4, -0.2) is 36.0 Å². The summed E-state index contributed by atoms with van der Waals surface area (Å²) < 4.78 is 4.88. The zero-order valence-corrected chi connectivity index (χ0v) is 8.03. The molecule has 0 rings (SSSR count). The van der Waals surface area contributed by atoms with Crippen LogP contribution in [0.15, 0.2) is 0 Å². The number of carbonyl (C=O) groups is 1. The van der Waals surface area contributed by atoms with E-state index >= 15 is 0 Å². The molecule has 0 saturated carbocycles. The van der Waals surface area contributed by atoms with Gasteiger partial charge in [-0.15, -0.1) is 0 Å². The molecule has 0 heterocycles. The highest BCUT2D eigenvalue weighted by atomic mass is 16.5. The van der Waals surface area contributed by atoms with Crippen LogP contribution in [0.2, 0.25) is 0 Å². The Hall–Kier alpha value is -0.610. The number of hydrogen-bond donors (Lipinski definition) is 2. The summed E-state index contributed by atoms with van der Waals surface area (Å²) in [5.41, 5.74) is 0. The van der Waals surface area contributed by atoms with Crippen molar-refractivity contribution in [3.05, 3.63) is 0 Å². The molecular formula is C9H18O4. The molecule has 78 valence electrons. The van der Waals surface area contributed by atoms with Gasteiger partial charge in [0.15, 0.2) is 0 Å². The van der Waals surface area contributed by atoms with Crippen LogP contribution in [0.5, 0.6) is 0 Å². The van der Waals surface area contributed by atoms with Crippen LogP contribution in [0, 0.1) is 5.92 Å². The Morgan fingerprint density at radius 2 is 2.15 bits per heavy atom. The lowest BCUT2D eigenvalue weighted by Gasteiger charge is -2.11.